The highest BCUT2D eigenvalue weighted by Gasteiger charge is 2.48. The summed E-state index contributed by atoms with van der Waals surface area (Å²) in [5.74, 6) is 1.03. The Kier molecular flexibility index (Phi) is 6.77. The first-order valence-electron chi connectivity index (χ1n) is 11.4. The molecule has 0 spiro atoms. The fourth-order valence-electron chi connectivity index (χ4n) is 4.00. The van der Waals surface area contributed by atoms with Gasteiger partial charge in [0, 0.05) is 17.5 Å². The molecule has 0 saturated heterocycles. The highest BCUT2D eigenvalue weighted by atomic mass is 16.6. The van der Waals surface area contributed by atoms with Gasteiger partial charge in [-0.1, -0.05) is 25.8 Å². The van der Waals surface area contributed by atoms with E-state index in [2.05, 4.69) is 6.92 Å². The third-order valence-corrected chi connectivity index (χ3v) is 6.10. The van der Waals surface area contributed by atoms with E-state index < -0.39 is 5.60 Å². The Morgan fingerprint density at radius 1 is 1.03 bits per heavy atom. The highest BCUT2D eigenvalue weighted by Crippen LogP contribution is 2.47. The summed E-state index contributed by atoms with van der Waals surface area (Å²) in [4.78, 5) is 24.1. The number of fused-ring (bicyclic) bond motifs is 1. The van der Waals surface area contributed by atoms with Crippen LogP contribution in [-0.4, -0.2) is 38.4 Å². The second kappa shape index (κ2) is 9.73. The Hall–Kier alpha value is -3.22. The van der Waals surface area contributed by atoms with Gasteiger partial charge >= 0.3 is 11.9 Å². The molecular formula is C26H30O7. The molecule has 176 valence electrons. The lowest BCUT2D eigenvalue weighted by Crippen LogP contribution is -2.27. The van der Waals surface area contributed by atoms with Crippen molar-refractivity contribution in [3.05, 3.63) is 41.5 Å². The van der Waals surface area contributed by atoms with Gasteiger partial charge in [-0.15, -0.1) is 0 Å². The summed E-state index contributed by atoms with van der Waals surface area (Å²) < 4.78 is 28.3. The van der Waals surface area contributed by atoms with Crippen LogP contribution in [0.3, 0.4) is 0 Å². The lowest BCUT2D eigenvalue weighted by molar-refractivity contribution is -0.153. The molecule has 0 bridgehead atoms. The van der Waals surface area contributed by atoms with Crippen LogP contribution in [0.15, 0.2) is 30.3 Å². The van der Waals surface area contributed by atoms with Gasteiger partial charge in [-0.2, -0.15) is 0 Å². The molecule has 0 aromatic heterocycles. The van der Waals surface area contributed by atoms with Crippen molar-refractivity contribution in [1.29, 1.82) is 0 Å². The Morgan fingerprint density at radius 3 is 2.52 bits per heavy atom. The fraction of sp³-hybridized carbons (Fsp3) is 0.462. The normalized spacial score (nSPS) is 15.4. The number of hydrogen-bond donors (Lipinski definition) is 0. The number of unbranched alkanes of at least 4 members (excludes halogenated alkanes) is 2. The third-order valence-electron chi connectivity index (χ3n) is 6.10. The van der Waals surface area contributed by atoms with Gasteiger partial charge in [-0.3, -0.25) is 4.79 Å². The van der Waals surface area contributed by atoms with E-state index >= 15 is 0 Å². The zero-order valence-corrected chi connectivity index (χ0v) is 19.4. The van der Waals surface area contributed by atoms with Crippen LogP contribution >= 0.6 is 0 Å². The maximum Gasteiger partial charge on any atom is 0.338 e. The molecule has 7 heteroatoms. The second-order valence-electron chi connectivity index (χ2n) is 8.53. The van der Waals surface area contributed by atoms with Gasteiger partial charge in [-0.05, 0) is 49.1 Å². The van der Waals surface area contributed by atoms with E-state index in [-0.39, 0.29) is 25.2 Å². The van der Waals surface area contributed by atoms with Crippen molar-refractivity contribution >= 4 is 11.9 Å². The predicted octanol–water partition coefficient (Wildman–Crippen LogP) is 5.08. The number of rotatable bonds is 11. The summed E-state index contributed by atoms with van der Waals surface area (Å²) in [6, 6.07) is 9.26. The number of methoxy groups -OCH3 is 2. The van der Waals surface area contributed by atoms with Crippen LogP contribution in [0.5, 0.6) is 17.2 Å². The zero-order valence-electron chi connectivity index (χ0n) is 19.4. The molecule has 0 radical (unpaired) electrons. The largest absolute Gasteiger partial charge is 0.493 e. The van der Waals surface area contributed by atoms with Crippen molar-refractivity contribution in [2.75, 3.05) is 20.8 Å². The van der Waals surface area contributed by atoms with Crippen LogP contribution < -0.4 is 14.2 Å². The molecule has 33 heavy (non-hydrogen) atoms. The Morgan fingerprint density at radius 2 is 1.82 bits per heavy atom. The summed E-state index contributed by atoms with van der Waals surface area (Å²) >= 11 is 0. The third kappa shape index (κ3) is 4.92. The molecule has 4 rings (SSSR count). The van der Waals surface area contributed by atoms with Crippen LogP contribution in [0.2, 0.25) is 0 Å². The zero-order chi connectivity index (χ0) is 23.4. The van der Waals surface area contributed by atoms with Crippen LogP contribution in [0, 0.1) is 0 Å². The minimum Gasteiger partial charge on any atom is -0.493 e. The van der Waals surface area contributed by atoms with Crippen LogP contribution in [-0.2, 0) is 20.9 Å². The first-order chi connectivity index (χ1) is 16.0. The molecule has 1 heterocycles. The molecule has 1 aliphatic heterocycles. The Bertz CT molecular complexity index is 1040. The topological polar surface area (TPSA) is 80.3 Å². The minimum absolute atomic E-state index is 0.175. The lowest BCUT2D eigenvalue weighted by atomic mass is 9.99. The number of ether oxygens (including phenoxy) is 5. The highest BCUT2D eigenvalue weighted by molar-refractivity contribution is 5.94. The molecule has 0 atom stereocenters. The quantitative estimate of drug-likeness (QED) is 0.346. The SMILES string of the molecule is CCCCCC(=O)OC1(COc2c(-c3ccc4c(c3)COC4=O)ccc(OC)c2OC)CC1. The lowest BCUT2D eigenvalue weighted by Gasteiger charge is -2.22. The van der Waals surface area contributed by atoms with Gasteiger partial charge in [0.1, 0.15) is 18.8 Å². The van der Waals surface area contributed by atoms with Crippen LogP contribution in [0.1, 0.15) is 61.4 Å². The van der Waals surface area contributed by atoms with Gasteiger partial charge in [-0.25, -0.2) is 4.79 Å². The van der Waals surface area contributed by atoms with Crippen molar-refractivity contribution < 1.29 is 33.3 Å². The molecule has 2 aliphatic rings. The van der Waals surface area contributed by atoms with Gasteiger partial charge in [0.25, 0.3) is 0 Å². The van der Waals surface area contributed by atoms with Crippen molar-refractivity contribution in [3.63, 3.8) is 0 Å². The summed E-state index contributed by atoms with van der Waals surface area (Å²) in [5, 5.41) is 0. The number of benzene rings is 2. The van der Waals surface area contributed by atoms with Crippen molar-refractivity contribution in [1.82, 2.24) is 0 Å². The predicted molar refractivity (Wildman–Crippen MR) is 122 cm³/mol. The Labute approximate surface area is 193 Å². The van der Waals surface area contributed by atoms with Crippen molar-refractivity contribution in [2.45, 2.75) is 57.7 Å². The average molecular weight is 455 g/mol. The molecule has 2 aromatic rings. The van der Waals surface area contributed by atoms with E-state index in [1.54, 1.807) is 20.3 Å². The van der Waals surface area contributed by atoms with E-state index in [4.69, 9.17) is 23.7 Å². The summed E-state index contributed by atoms with van der Waals surface area (Å²) in [7, 11) is 3.13. The molecule has 0 N–H and O–H groups in total. The number of cyclic esters (lactones) is 1. The Balaban J connectivity index is 1.58. The minimum atomic E-state index is -0.590. The molecule has 1 fully saturated rings. The number of carbonyl (C=O) groups excluding carboxylic acids is 2. The summed E-state index contributed by atoms with van der Waals surface area (Å²) in [6.07, 6.45) is 4.88. The van der Waals surface area contributed by atoms with Crippen LogP contribution in [0.25, 0.3) is 11.1 Å². The standard InChI is InChI=1S/C26H30O7/c1-4-5-6-7-22(27)33-26(12-13-26)16-32-23-19(10-11-21(29-2)24(23)30-3)17-8-9-20-18(14-17)15-31-25(20)28/h8-11,14H,4-7,12-13,15-16H2,1-3H3. The fourth-order valence-corrected chi connectivity index (χ4v) is 4.00. The molecule has 7 nitrogen and oxygen atoms in total. The van der Waals surface area contributed by atoms with Gasteiger partial charge in [0.2, 0.25) is 5.75 Å². The van der Waals surface area contributed by atoms with E-state index in [0.717, 1.165) is 48.8 Å². The molecular weight excluding hydrogens is 424 g/mol. The average Bonchev–Trinajstić information content (AvgIpc) is 3.49. The smallest absolute Gasteiger partial charge is 0.338 e. The second-order valence-corrected chi connectivity index (χ2v) is 8.53. The van der Waals surface area contributed by atoms with Gasteiger partial charge in [0.15, 0.2) is 11.5 Å². The number of esters is 2. The van der Waals surface area contributed by atoms with Crippen LogP contribution in [0.4, 0.5) is 0 Å². The maximum atomic E-state index is 12.3. The number of carbonyl (C=O) groups is 2. The van der Waals surface area contributed by atoms with Gasteiger partial charge < -0.3 is 23.7 Å². The molecule has 0 unspecified atom stereocenters. The molecule has 1 saturated carbocycles. The maximum absolute atomic E-state index is 12.3. The first kappa shape index (κ1) is 23.0. The first-order valence-corrected chi connectivity index (χ1v) is 11.4. The van der Waals surface area contributed by atoms with Gasteiger partial charge in [0.05, 0.1) is 19.8 Å². The van der Waals surface area contributed by atoms with E-state index in [1.165, 1.54) is 0 Å². The van der Waals surface area contributed by atoms with E-state index in [1.807, 2.05) is 24.3 Å². The van der Waals surface area contributed by atoms with E-state index in [9.17, 15) is 9.59 Å². The van der Waals surface area contributed by atoms with Crippen molar-refractivity contribution in [2.24, 2.45) is 0 Å². The number of hydrogen-bond acceptors (Lipinski definition) is 7. The van der Waals surface area contributed by atoms with E-state index in [0.29, 0.717) is 29.2 Å². The molecule has 2 aromatic carbocycles. The summed E-state index contributed by atoms with van der Waals surface area (Å²) in [5.41, 5.74) is 2.48. The molecule has 1 aliphatic carbocycles. The van der Waals surface area contributed by atoms with Crippen molar-refractivity contribution in [3.8, 4) is 28.4 Å². The summed E-state index contributed by atoms with van der Waals surface area (Å²) in [6.45, 7) is 2.59. The monoisotopic (exact) mass is 454 g/mol. The molecule has 0 amide bonds.